The van der Waals surface area contributed by atoms with Gasteiger partial charge in [-0.2, -0.15) is 0 Å². The number of aryl methyl sites for hydroxylation is 1. The van der Waals surface area contributed by atoms with Crippen molar-refractivity contribution in [2.45, 2.75) is 114 Å². The molecule has 8 atom stereocenters. The number of aliphatic hydroxyl groups excluding tert-OH is 1. The SMILES string of the molecule is COc1c(C)cc2c(c1O)[C@H]1C3[C@@H]4SCC(NC(=O)[C@@H]5CCCN5C(=O)OC(C)(C)C)C(=O)OC[C@H](c5c6c(c(C)c(OC(C)=O)c54)OCO6)N3[C@@H](O)[C@H](C2)N1C. The highest BCUT2D eigenvalue weighted by Crippen LogP contribution is 2.64. The molecule has 7 aliphatic rings. The molecule has 7 heterocycles. The molecule has 308 valence electrons. The van der Waals surface area contributed by atoms with E-state index in [9.17, 15) is 29.4 Å². The summed E-state index contributed by atoms with van der Waals surface area (Å²) in [5.41, 5.74) is 3.25. The molecule has 2 unspecified atom stereocenters. The first kappa shape index (κ1) is 39.4. The number of phenols is 1. The molecule has 9 rings (SSSR count). The van der Waals surface area contributed by atoms with Crippen molar-refractivity contribution in [1.29, 1.82) is 0 Å². The van der Waals surface area contributed by atoms with Crippen LogP contribution in [0.25, 0.3) is 0 Å². The van der Waals surface area contributed by atoms with Gasteiger partial charge in [0.2, 0.25) is 12.7 Å². The Morgan fingerprint density at radius 1 is 1.05 bits per heavy atom. The Labute approximate surface area is 335 Å². The number of rotatable bonds is 4. The van der Waals surface area contributed by atoms with E-state index in [1.165, 1.54) is 30.7 Å². The molecular weight excluding hydrogens is 761 g/mol. The third-order valence-corrected chi connectivity index (χ3v) is 13.4. The number of carbonyl (C=O) groups excluding carboxylic acids is 4. The van der Waals surface area contributed by atoms with Crippen LogP contribution in [0, 0.1) is 13.8 Å². The summed E-state index contributed by atoms with van der Waals surface area (Å²) in [5, 5.41) is 26.7. The summed E-state index contributed by atoms with van der Waals surface area (Å²) in [4.78, 5) is 59.4. The number of ether oxygens (including phenoxy) is 6. The van der Waals surface area contributed by atoms with E-state index < -0.39 is 77.3 Å². The van der Waals surface area contributed by atoms with Crippen LogP contribution in [0.2, 0.25) is 0 Å². The summed E-state index contributed by atoms with van der Waals surface area (Å²) >= 11 is 1.33. The molecule has 2 aromatic rings. The normalized spacial score (nSPS) is 29.1. The predicted octanol–water partition coefficient (Wildman–Crippen LogP) is 3.54. The highest BCUT2D eigenvalue weighted by molar-refractivity contribution is 7.99. The fourth-order valence-electron chi connectivity index (χ4n) is 9.72. The van der Waals surface area contributed by atoms with E-state index in [1.54, 1.807) is 27.7 Å². The Bertz CT molecular complexity index is 2040. The van der Waals surface area contributed by atoms with Gasteiger partial charge in [-0.15, -0.1) is 11.8 Å². The lowest BCUT2D eigenvalue weighted by molar-refractivity contribution is -0.184. The fraction of sp³-hybridized carbons (Fsp3) is 0.600. The van der Waals surface area contributed by atoms with Gasteiger partial charge < -0.3 is 44.0 Å². The van der Waals surface area contributed by atoms with Gasteiger partial charge in [0.1, 0.15) is 36.3 Å². The van der Waals surface area contributed by atoms with Crippen molar-refractivity contribution >= 4 is 35.7 Å². The molecule has 0 aromatic heterocycles. The number of piperazine rings is 1. The average Bonchev–Trinajstić information content (AvgIpc) is 3.83. The van der Waals surface area contributed by atoms with Crippen molar-refractivity contribution < 1.29 is 57.8 Å². The maximum Gasteiger partial charge on any atom is 0.410 e. The third kappa shape index (κ3) is 6.41. The molecule has 3 fully saturated rings. The van der Waals surface area contributed by atoms with Crippen LogP contribution in [0.1, 0.15) is 91.3 Å². The number of hydrogen-bond donors (Lipinski definition) is 3. The number of hydrogen-bond acceptors (Lipinski definition) is 15. The number of benzene rings is 2. The number of thioether (sulfide) groups is 1. The second-order valence-corrected chi connectivity index (χ2v) is 17.8. The van der Waals surface area contributed by atoms with E-state index in [2.05, 4.69) is 10.2 Å². The number of fused-ring (bicyclic) bond motifs is 10. The van der Waals surface area contributed by atoms with E-state index in [0.29, 0.717) is 65.3 Å². The zero-order valence-corrected chi connectivity index (χ0v) is 34.2. The number of aromatic hydroxyl groups is 1. The molecule has 16 nitrogen and oxygen atoms in total. The lowest BCUT2D eigenvalue weighted by Gasteiger charge is -2.62. The Kier molecular flexibility index (Phi) is 9.97. The van der Waals surface area contributed by atoms with E-state index in [0.717, 1.165) is 11.1 Å². The first-order valence-corrected chi connectivity index (χ1v) is 20.4. The number of amides is 2. The van der Waals surface area contributed by atoms with Crippen LogP contribution in [0.4, 0.5) is 4.79 Å². The number of nitrogens with zero attached hydrogens (tertiary/aromatic N) is 3. The Morgan fingerprint density at radius 3 is 2.49 bits per heavy atom. The second-order valence-electron chi connectivity index (χ2n) is 16.6. The number of likely N-dealkylation sites (tertiary alicyclic amines) is 1. The van der Waals surface area contributed by atoms with Crippen LogP contribution >= 0.6 is 11.8 Å². The quantitative estimate of drug-likeness (QED) is 0.301. The average molecular weight is 811 g/mol. The van der Waals surface area contributed by atoms with Crippen LogP contribution in [0.3, 0.4) is 0 Å². The highest BCUT2D eigenvalue weighted by atomic mass is 32.2. The molecule has 17 heteroatoms. The molecule has 57 heavy (non-hydrogen) atoms. The van der Waals surface area contributed by atoms with Crippen molar-refractivity contribution in [3.63, 3.8) is 0 Å². The summed E-state index contributed by atoms with van der Waals surface area (Å²) < 4.78 is 35.5. The van der Waals surface area contributed by atoms with Crippen LogP contribution in [-0.4, -0.2) is 125 Å². The zero-order chi connectivity index (χ0) is 40.8. The molecular formula is C40H50N4O12S. The number of methoxy groups -OCH3 is 1. The van der Waals surface area contributed by atoms with Gasteiger partial charge in [0, 0.05) is 47.5 Å². The molecule has 4 bridgehead atoms. The molecule has 0 radical (unpaired) electrons. The number of aliphatic hydroxyl groups is 1. The Hall–Kier alpha value is -4.45. The van der Waals surface area contributed by atoms with Gasteiger partial charge in [-0.3, -0.25) is 24.3 Å². The van der Waals surface area contributed by atoms with E-state index in [1.807, 2.05) is 24.9 Å². The maximum atomic E-state index is 14.1. The summed E-state index contributed by atoms with van der Waals surface area (Å²) in [6.07, 6.45) is -0.287. The minimum Gasteiger partial charge on any atom is -0.504 e. The Balaban J connectivity index is 1.26. The lowest BCUT2D eigenvalue weighted by atomic mass is 9.73. The van der Waals surface area contributed by atoms with Crippen molar-refractivity contribution in [3.8, 4) is 28.7 Å². The first-order chi connectivity index (χ1) is 27.0. The number of carbonyl (C=O) groups is 4. The summed E-state index contributed by atoms with van der Waals surface area (Å²) in [7, 11) is 3.43. The summed E-state index contributed by atoms with van der Waals surface area (Å²) in [6.45, 7) is 10.2. The fourth-order valence-corrected chi connectivity index (χ4v) is 11.2. The van der Waals surface area contributed by atoms with Gasteiger partial charge >= 0.3 is 18.0 Å². The topological polar surface area (TPSA) is 186 Å². The second kappa shape index (κ2) is 14.4. The molecule has 3 saturated heterocycles. The van der Waals surface area contributed by atoms with E-state index >= 15 is 0 Å². The third-order valence-electron chi connectivity index (χ3n) is 12.0. The van der Waals surface area contributed by atoms with Gasteiger partial charge in [0.05, 0.1) is 30.5 Å². The molecule has 3 N–H and O–H groups in total. The standard InChI is InChI=1S/C40H50N4O12S/c1-17-12-20-13-23-37(48)44-24-14-52-38(49)21(41-36(47)22-10-9-11-43(22)39(50)56-40(4,5)6)15-57-35(29(44)28(42(23)7)25(20)30(46)31(17)51-8)27-26(24)34-33(53-16-54-34)18(2)32(27)55-19(3)45/h12,21-24,28-29,35,37,46,48H,9-11,13-16H2,1-8H3,(H,41,47)/t21?,22-,23-,24+,28-,29?,35+,37-/m0/s1. The van der Waals surface area contributed by atoms with E-state index in [-0.39, 0.29) is 30.7 Å². The van der Waals surface area contributed by atoms with Crippen LogP contribution in [-0.2, 0) is 30.3 Å². The molecule has 2 aromatic carbocycles. The first-order valence-electron chi connectivity index (χ1n) is 19.3. The monoisotopic (exact) mass is 810 g/mol. The van der Waals surface area contributed by atoms with E-state index in [4.69, 9.17) is 28.4 Å². The number of nitrogens with one attached hydrogen (secondary N) is 1. The molecule has 0 saturated carbocycles. The van der Waals surface area contributed by atoms with Crippen molar-refractivity contribution in [2.75, 3.05) is 39.9 Å². The predicted molar refractivity (Wildman–Crippen MR) is 204 cm³/mol. The Morgan fingerprint density at radius 2 is 1.79 bits per heavy atom. The number of esters is 2. The largest absolute Gasteiger partial charge is 0.504 e. The smallest absolute Gasteiger partial charge is 0.410 e. The minimum atomic E-state index is -1.14. The van der Waals surface area contributed by atoms with Crippen molar-refractivity contribution in [3.05, 3.63) is 39.4 Å². The summed E-state index contributed by atoms with van der Waals surface area (Å²) in [5.74, 6) is -0.317. The molecule has 7 aliphatic heterocycles. The van der Waals surface area contributed by atoms with Gasteiger partial charge in [-0.1, -0.05) is 6.07 Å². The summed E-state index contributed by atoms with van der Waals surface area (Å²) in [6, 6.07) is -2.42. The zero-order valence-electron chi connectivity index (χ0n) is 33.4. The maximum absolute atomic E-state index is 14.1. The minimum absolute atomic E-state index is 0.00185. The van der Waals surface area contributed by atoms with Gasteiger partial charge in [0.15, 0.2) is 23.0 Å². The van der Waals surface area contributed by atoms with Gasteiger partial charge in [-0.25, -0.2) is 9.59 Å². The highest BCUT2D eigenvalue weighted by Gasteiger charge is 2.60. The van der Waals surface area contributed by atoms with Crippen molar-refractivity contribution in [1.82, 2.24) is 20.0 Å². The molecule has 0 aliphatic carbocycles. The molecule has 0 spiro atoms. The van der Waals surface area contributed by atoms with Crippen LogP contribution in [0.5, 0.6) is 28.7 Å². The number of phenolic OH excluding ortho intramolecular Hbond substituents is 1. The number of likely N-dealkylation sites (N-methyl/N-ethyl adjacent to an activating group) is 1. The van der Waals surface area contributed by atoms with Crippen LogP contribution < -0.4 is 24.3 Å². The molecule has 2 amide bonds. The lowest BCUT2D eigenvalue weighted by Crippen LogP contribution is -2.69. The van der Waals surface area contributed by atoms with Crippen molar-refractivity contribution in [2.24, 2.45) is 0 Å². The van der Waals surface area contributed by atoms with Gasteiger partial charge in [0.25, 0.3) is 0 Å². The van der Waals surface area contributed by atoms with Crippen LogP contribution in [0.15, 0.2) is 6.07 Å². The van der Waals surface area contributed by atoms with Gasteiger partial charge in [-0.05, 0) is 72.1 Å².